The van der Waals surface area contributed by atoms with Crippen LogP contribution in [0.5, 0.6) is 0 Å². The molecule has 2 aromatic carbocycles. The zero-order valence-electron chi connectivity index (χ0n) is 17.4. The number of hydrogen-bond acceptors (Lipinski definition) is 4. The van der Waals surface area contributed by atoms with Crippen molar-refractivity contribution < 1.29 is 14.7 Å². The molecule has 0 fully saturated rings. The molecule has 0 radical (unpaired) electrons. The van der Waals surface area contributed by atoms with E-state index in [2.05, 4.69) is 0 Å². The number of Topliss-reactive ketones (excluding diaryl/α,β-unsaturated/α-hetero) is 1. The Balaban J connectivity index is 2.08. The Hall–Kier alpha value is -2.93. The molecule has 166 valence electrons. The molecule has 0 aliphatic rings. The molecule has 1 heterocycles. The van der Waals surface area contributed by atoms with Gasteiger partial charge in [0.25, 0.3) is 11.5 Å². The first-order chi connectivity index (χ1) is 15.3. The van der Waals surface area contributed by atoms with Gasteiger partial charge in [-0.05, 0) is 42.3 Å². The van der Waals surface area contributed by atoms with Crippen molar-refractivity contribution in [2.24, 2.45) is 0 Å². The van der Waals surface area contributed by atoms with E-state index >= 15 is 0 Å². The number of nitrogens with zero attached hydrogens (tertiary/aromatic N) is 2. The number of amides is 1. The zero-order chi connectivity index (χ0) is 23.3. The Kier molecular flexibility index (Phi) is 7.85. The molecule has 0 saturated heterocycles. The van der Waals surface area contributed by atoms with Gasteiger partial charge in [0.2, 0.25) is 0 Å². The lowest BCUT2D eigenvalue weighted by Gasteiger charge is -2.27. The number of aryl methyl sites for hydroxylation is 1. The second-order valence-corrected chi connectivity index (χ2v) is 8.15. The summed E-state index contributed by atoms with van der Waals surface area (Å²) >= 11 is 12.2. The van der Waals surface area contributed by atoms with Gasteiger partial charge < -0.3 is 10.0 Å². The van der Waals surface area contributed by atoms with Crippen molar-refractivity contribution in [3.8, 4) is 0 Å². The summed E-state index contributed by atoms with van der Waals surface area (Å²) < 4.78 is 1.10. The van der Waals surface area contributed by atoms with Crippen LogP contribution in [0.1, 0.15) is 27.5 Å². The predicted octanol–water partition coefficient (Wildman–Crippen LogP) is 3.91. The molecule has 0 spiro atoms. The van der Waals surface area contributed by atoms with Crippen molar-refractivity contribution in [3.63, 3.8) is 0 Å². The molecular weight excluding hydrogens is 451 g/mol. The minimum absolute atomic E-state index is 0.00747. The third-order valence-electron chi connectivity index (χ3n) is 4.96. The number of aromatic nitrogens is 1. The molecule has 32 heavy (non-hydrogen) atoms. The normalized spacial score (nSPS) is 11.8. The van der Waals surface area contributed by atoms with E-state index in [0.717, 1.165) is 10.1 Å². The number of hydrogen-bond donors (Lipinski definition) is 1. The van der Waals surface area contributed by atoms with Crippen molar-refractivity contribution in [2.75, 3.05) is 13.2 Å². The van der Waals surface area contributed by atoms with Crippen LogP contribution in [-0.2, 0) is 11.3 Å². The highest BCUT2D eigenvalue weighted by molar-refractivity contribution is 6.37. The van der Waals surface area contributed by atoms with Crippen LogP contribution >= 0.6 is 23.2 Å². The van der Waals surface area contributed by atoms with Crippen LogP contribution in [0.25, 0.3) is 0 Å². The predicted molar refractivity (Wildman–Crippen MR) is 124 cm³/mol. The molecule has 3 rings (SSSR count). The monoisotopic (exact) mass is 472 g/mol. The van der Waals surface area contributed by atoms with Gasteiger partial charge in [0.15, 0.2) is 11.8 Å². The van der Waals surface area contributed by atoms with Crippen LogP contribution in [-0.4, -0.2) is 39.4 Å². The number of aliphatic hydroxyl groups is 1. The number of halogens is 2. The molecule has 3 aromatic rings. The van der Waals surface area contributed by atoms with E-state index in [0.29, 0.717) is 10.6 Å². The molecule has 8 heteroatoms. The third kappa shape index (κ3) is 5.46. The molecule has 0 bridgehead atoms. The minimum Gasteiger partial charge on any atom is -0.395 e. The summed E-state index contributed by atoms with van der Waals surface area (Å²) in [6.07, 6.45) is 1.42. The molecule has 1 aromatic heterocycles. The van der Waals surface area contributed by atoms with Crippen molar-refractivity contribution in [2.45, 2.75) is 19.5 Å². The molecule has 1 N–H and O–H groups in total. The van der Waals surface area contributed by atoms with E-state index < -0.39 is 23.3 Å². The number of ketones is 1. The van der Waals surface area contributed by atoms with Gasteiger partial charge in [-0.2, -0.15) is 0 Å². The Labute approximate surface area is 195 Å². The molecule has 0 aliphatic heterocycles. The smallest absolute Gasteiger partial charge is 0.254 e. The van der Waals surface area contributed by atoms with Crippen molar-refractivity contribution in [1.29, 1.82) is 0 Å². The van der Waals surface area contributed by atoms with Gasteiger partial charge in [-0.25, -0.2) is 0 Å². The van der Waals surface area contributed by atoms with Crippen LogP contribution in [0.3, 0.4) is 0 Å². The van der Waals surface area contributed by atoms with Crippen LogP contribution in [0.15, 0.2) is 71.7 Å². The summed E-state index contributed by atoms with van der Waals surface area (Å²) in [6.45, 7) is 1.60. The van der Waals surface area contributed by atoms with Crippen molar-refractivity contribution in [3.05, 3.63) is 104 Å². The molecule has 1 unspecified atom stereocenters. The van der Waals surface area contributed by atoms with Crippen molar-refractivity contribution in [1.82, 2.24) is 9.47 Å². The summed E-state index contributed by atoms with van der Waals surface area (Å²) in [7, 11) is 0. The van der Waals surface area contributed by atoms with Gasteiger partial charge in [-0.1, -0.05) is 53.5 Å². The van der Waals surface area contributed by atoms with E-state index in [1.165, 1.54) is 35.4 Å². The van der Waals surface area contributed by atoms with Gasteiger partial charge in [0, 0.05) is 35.9 Å². The minimum atomic E-state index is -1.49. The molecule has 0 saturated carbocycles. The van der Waals surface area contributed by atoms with Crippen LogP contribution in [0.4, 0.5) is 0 Å². The highest BCUT2D eigenvalue weighted by Gasteiger charge is 2.34. The van der Waals surface area contributed by atoms with E-state index in [4.69, 9.17) is 23.2 Å². The number of pyridine rings is 1. The average Bonchev–Trinajstić information content (AvgIpc) is 2.75. The second kappa shape index (κ2) is 10.6. The maximum Gasteiger partial charge on any atom is 0.254 e. The standard InChI is InChI=1S/C24H22Cl2N2O4/c1-16-9-10-28(21(30)13-16)22(23(31)19-8-7-18(25)14-20(19)26)24(32)27(11-12-29)15-17-5-3-2-4-6-17/h2-10,13-14,22,29H,11-12,15H2,1H3. The van der Waals surface area contributed by atoms with Crippen molar-refractivity contribution >= 4 is 34.9 Å². The molecule has 6 nitrogen and oxygen atoms in total. The Morgan fingerprint density at radius 1 is 1.06 bits per heavy atom. The lowest BCUT2D eigenvalue weighted by Crippen LogP contribution is -2.44. The number of aliphatic hydroxyl groups excluding tert-OH is 1. The maximum atomic E-state index is 13.6. The van der Waals surface area contributed by atoms with Gasteiger partial charge in [0.1, 0.15) is 0 Å². The number of benzene rings is 2. The lowest BCUT2D eigenvalue weighted by atomic mass is 10.0. The van der Waals surface area contributed by atoms with Gasteiger partial charge in [0.05, 0.1) is 11.6 Å². The first kappa shape index (κ1) is 23.7. The third-order valence-corrected chi connectivity index (χ3v) is 5.51. The first-order valence-corrected chi connectivity index (χ1v) is 10.7. The summed E-state index contributed by atoms with van der Waals surface area (Å²) in [6, 6.07) is 15.0. The highest BCUT2D eigenvalue weighted by atomic mass is 35.5. The quantitative estimate of drug-likeness (QED) is 0.398. The molecular formula is C24H22Cl2N2O4. The van der Waals surface area contributed by atoms with E-state index in [1.54, 1.807) is 13.0 Å². The Morgan fingerprint density at radius 2 is 1.78 bits per heavy atom. The largest absolute Gasteiger partial charge is 0.395 e. The number of carbonyl (C=O) groups excluding carboxylic acids is 2. The van der Waals surface area contributed by atoms with Crippen LogP contribution < -0.4 is 5.56 Å². The first-order valence-electron chi connectivity index (χ1n) is 9.93. The zero-order valence-corrected chi connectivity index (χ0v) is 18.9. The molecule has 1 amide bonds. The summed E-state index contributed by atoms with van der Waals surface area (Å²) in [5.74, 6) is -1.26. The van der Waals surface area contributed by atoms with E-state index in [-0.39, 0.29) is 30.3 Å². The van der Waals surface area contributed by atoms with E-state index in [9.17, 15) is 19.5 Å². The number of carbonyl (C=O) groups is 2. The fraction of sp³-hybridized carbons (Fsp3) is 0.208. The highest BCUT2D eigenvalue weighted by Crippen LogP contribution is 2.26. The summed E-state index contributed by atoms with van der Waals surface area (Å²) in [4.78, 5) is 41.2. The van der Waals surface area contributed by atoms with Gasteiger partial charge in [-0.3, -0.25) is 19.0 Å². The Bertz CT molecular complexity index is 1180. The fourth-order valence-corrected chi connectivity index (χ4v) is 3.86. The van der Waals surface area contributed by atoms with Crippen LogP contribution in [0.2, 0.25) is 10.0 Å². The second-order valence-electron chi connectivity index (χ2n) is 7.31. The molecule has 1 atom stereocenters. The summed E-state index contributed by atoms with van der Waals surface area (Å²) in [5, 5.41) is 9.98. The fourth-order valence-electron chi connectivity index (χ4n) is 3.36. The van der Waals surface area contributed by atoms with E-state index in [1.807, 2.05) is 30.3 Å². The maximum absolute atomic E-state index is 13.6. The average molecular weight is 473 g/mol. The lowest BCUT2D eigenvalue weighted by molar-refractivity contribution is -0.134. The van der Waals surface area contributed by atoms with Crippen LogP contribution in [0, 0.1) is 6.92 Å². The Morgan fingerprint density at radius 3 is 2.41 bits per heavy atom. The van der Waals surface area contributed by atoms with Gasteiger partial charge >= 0.3 is 0 Å². The van der Waals surface area contributed by atoms with Gasteiger partial charge in [-0.15, -0.1) is 0 Å². The summed E-state index contributed by atoms with van der Waals surface area (Å²) in [5.41, 5.74) is 1.10. The SMILES string of the molecule is Cc1ccn(C(C(=O)c2ccc(Cl)cc2Cl)C(=O)N(CCO)Cc2ccccc2)c(=O)c1. The topological polar surface area (TPSA) is 79.6 Å². The molecule has 0 aliphatic carbocycles. The number of rotatable bonds is 8.